The molecule has 0 bridgehead atoms. The number of nitrogens with one attached hydrogen (secondary N) is 1. The summed E-state index contributed by atoms with van der Waals surface area (Å²) < 4.78 is 5.46. The van der Waals surface area contributed by atoms with Crippen LogP contribution in [0.4, 0.5) is 0 Å². The smallest absolute Gasteiger partial charge is 0.305 e. The maximum absolute atomic E-state index is 12.4. The number of hydrogen-bond donors (Lipinski definition) is 3. The summed E-state index contributed by atoms with van der Waals surface area (Å²) >= 11 is 0. The van der Waals surface area contributed by atoms with E-state index in [1.165, 1.54) is 218 Å². The number of unbranched alkanes of at least 4 members (excludes halogenated alkanes) is 38. The number of allylic oxidation sites excluding steroid dienone is 1. The van der Waals surface area contributed by atoms with Crippen molar-refractivity contribution in [3.63, 3.8) is 0 Å². The highest BCUT2D eigenvalue weighted by Crippen LogP contribution is 2.17. The first kappa shape index (κ1) is 57.6. The predicted octanol–water partition coefficient (Wildman–Crippen LogP) is 15.7. The van der Waals surface area contributed by atoms with Crippen LogP contribution in [-0.2, 0) is 14.3 Å². The van der Waals surface area contributed by atoms with Gasteiger partial charge in [0.15, 0.2) is 0 Å². The average molecular weight is 834 g/mol. The zero-order chi connectivity index (χ0) is 43.0. The van der Waals surface area contributed by atoms with Crippen LogP contribution in [0, 0.1) is 0 Å². The number of rotatable bonds is 49. The monoisotopic (exact) mass is 834 g/mol. The number of hydrogen-bond acceptors (Lipinski definition) is 5. The summed E-state index contributed by atoms with van der Waals surface area (Å²) in [6.07, 6.45) is 56.4. The van der Waals surface area contributed by atoms with E-state index in [1.807, 2.05) is 6.08 Å². The van der Waals surface area contributed by atoms with E-state index < -0.39 is 12.1 Å². The van der Waals surface area contributed by atoms with Gasteiger partial charge in [-0.15, -0.1) is 0 Å². The lowest BCUT2D eigenvalue weighted by Crippen LogP contribution is -2.45. The van der Waals surface area contributed by atoms with Crippen LogP contribution in [0.15, 0.2) is 12.2 Å². The van der Waals surface area contributed by atoms with Gasteiger partial charge in [0, 0.05) is 12.8 Å². The minimum absolute atomic E-state index is 0.00517. The van der Waals surface area contributed by atoms with Crippen molar-refractivity contribution in [1.29, 1.82) is 0 Å². The summed E-state index contributed by atoms with van der Waals surface area (Å²) in [6.45, 7) is 4.89. The molecule has 3 N–H and O–H groups in total. The van der Waals surface area contributed by atoms with Crippen molar-refractivity contribution in [2.45, 2.75) is 302 Å². The maximum Gasteiger partial charge on any atom is 0.305 e. The summed E-state index contributed by atoms with van der Waals surface area (Å²) in [6, 6.07) is -0.630. The van der Waals surface area contributed by atoms with Crippen LogP contribution in [-0.4, -0.2) is 47.4 Å². The zero-order valence-electron chi connectivity index (χ0n) is 39.7. The molecule has 6 heteroatoms. The lowest BCUT2D eigenvalue weighted by Gasteiger charge is -2.20. The molecular formula is C53H103NO5. The first-order valence-corrected chi connectivity index (χ1v) is 26.5. The van der Waals surface area contributed by atoms with Gasteiger partial charge < -0.3 is 20.3 Å². The highest BCUT2D eigenvalue weighted by Gasteiger charge is 2.18. The molecule has 0 saturated heterocycles. The molecule has 0 rings (SSSR count). The van der Waals surface area contributed by atoms with Crippen molar-refractivity contribution in [2.24, 2.45) is 0 Å². The highest BCUT2D eigenvalue weighted by atomic mass is 16.5. The highest BCUT2D eigenvalue weighted by molar-refractivity contribution is 5.76. The van der Waals surface area contributed by atoms with E-state index in [0.29, 0.717) is 19.4 Å². The average Bonchev–Trinajstić information content (AvgIpc) is 3.24. The standard InChI is InChI=1S/C53H103NO5/c1-3-5-7-9-11-13-15-22-25-29-33-37-41-45-51(56)50(49-55)54-52(57)46-42-38-34-30-26-23-20-18-17-19-21-24-28-32-36-40-44-48-59-53(58)47-43-39-35-31-27-16-14-12-10-8-6-4-2/h41,45,50-51,55-56H,3-40,42-44,46-49H2,1-2H3,(H,54,57)/b45-41+. The molecule has 0 aliphatic heterocycles. The third-order valence-electron chi connectivity index (χ3n) is 12.3. The number of esters is 1. The van der Waals surface area contributed by atoms with Crippen molar-refractivity contribution < 1.29 is 24.5 Å². The largest absolute Gasteiger partial charge is 0.466 e. The van der Waals surface area contributed by atoms with Gasteiger partial charge in [0.2, 0.25) is 5.91 Å². The summed E-state index contributed by atoms with van der Waals surface area (Å²) in [5.41, 5.74) is 0. The van der Waals surface area contributed by atoms with E-state index in [1.54, 1.807) is 6.08 Å². The predicted molar refractivity (Wildman–Crippen MR) is 255 cm³/mol. The van der Waals surface area contributed by atoms with Crippen LogP contribution in [0.5, 0.6) is 0 Å². The fraction of sp³-hybridized carbons (Fsp3) is 0.925. The molecule has 0 aliphatic carbocycles. The fourth-order valence-corrected chi connectivity index (χ4v) is 8.22. The number of aliphatic hydroxyl groups excluding tert-OH is 2. The third kappa shape index (κ3) is 45.9. The lowest BCUT2D eigenvalue weighted by atomic mass is 10.0. The third-order valence-corrected chi connectivity index (χ3v) is 12.3. The minimum Gasteiger partial charge on any atom is -0.466 e. The number of ether oxygens (including phenoxy) is 1. The van der Waals surface area contributed by atoms with Crippen LogP contribution in [0.3, 0.4) is 0 Å². The first-order valence-electron chi connectivity index (χ1n) is 26.5. The van der Waals surface area contributed by atoms with Gasteiger partial charge in [0.05, 0.1) is 25.4 Å². The van der Waals surface area contributed by atoms with E-state index >= 15 is 0 Å². The van der Waals surface area contributed by atoms with Crippen LogP contribution < -0.4 is 5.32 Å². The molecule has 0 spiro atoms. The molecular weight excluding hydrogens is 731 g/mol. The van der Waals surface area contributed by atoms with Crippen molar-refractivity contribution in [3.8, 4) is 0 Å². The number of aliphatic hydroxyl groups is 2. The van der Waals surface area contributed by atoms with E-state index in [-0.39, 0.29) is 18.5 Å². The Labute approximate surface area is 368 Å². The number of carbonyl (C=O) groups excluding carboxylic acids is 2. The molecule has 0 saturated carbocycles. The van der Waals surface area contributed by atoms with Crippen LogP contribution in [0.25, 0.3) is 0 Å². The van der Waals surface area contributed by atoms with Crippen molar-refractivity contribution in [2.75, 3.05) is 13.2 Å². The Morgan fingerprint density at radius 3 is 1.15 bits per heavy atom. The molecule has 0 aromatic heterocycles. The topological polar surface area (TPSA) is 95.9 Å². The van der Waals surface area contributed by atoms with E-state index in [0.717, 1.165) is 44.9 Å². The molecule has 0 aromatic rings. The van der Waals surface area contributed by atoms with Gasteiger partial charge in [-0.3, -0.25) is 9.59 Å². The van der Waals surface area contributed by atoms with Gasteiger partial charge in [0.1, 0.15) is 0 Å². The summed E-state index contributed by atoms with van der Waals surface area (Å²) in [5, 5.41) is 23.0. The molecule has 59 heavy (non-hydrogen) atoms. The van der Waals surface area contributed by atoms with Gasteiger partial charge in [-0.1, -0.05) is 257 Å². The Morgan fingerprint density at radius 2 is 0.780 bits per heavy atom. The Hall–Kier alpha value is -1.40. The Morgan fingerprint density at radius 1 is 0.458 bits per heavy atom. The van der Waals surface area contributed by atoms with Crippen molar-refractivity contribution >= 4 is 11.9 Å². The molecule has 1 amide bonds. The van der Waals surface area contributed by atoms with Crippen molar-refractivity contribution in [1.82, 2.24) is 5.32 Å². The van der Waals surface area contributed by atoms with E-state index in [4.69, 9.17) is 4.74 Å². The second-order valence-corrected chi connectivity index (χ2v) is 18.2. The molecule has 0 fully saturated rings. The molecule has 350 valence electrons. The van der Waals surface area contributed by atoms with Gasteiger partial charge in [-0.2, -0.15) is 0 Å². The van der Waals surface area contributed by atoms with Gasteiger partial charge in [-0.05, 0) is 32.1 Å². The van der Waals surface area contributed by atoms with Crippen LogP contribution in [0.1, 0.15) is 290 Å². The molecule has 6 nitrogen and oxygen atoms in total. The second-order valence-electron chi connectivity index (χ2n) is 18.2. The molecule has 0 radical (unpaired) electrons. The van der Waals surface area contributed by atoms with Gasteiger partial charge in [-0.25, -0.2) is 0 Å². The second kappa shape index (κ2) is 49.3. The molecule has 2 atom stereocenters. The number of amides is 1. The van der Waals surface area contributed by atoms with E-state index in [2.05, 4.69) is 19.2 Å². The van der Waals surface area contributed by atoms with Crippen LogP contribution in [0.2, 0.25) is 0 Å². The summed E-state index contributed by atoms with van der Waals surface area (Å²) in [4.78, 5) is 24.4. The molecule has 0 aromatic carbocycles. The minimum atomic E-state index is -0.846. The van der Waals surface area contributed by atoms with Gasteiger partial charge >= 0.3 is 5.97 Å². The quantitative estimate of drug-likeness (QED) is 0.0322. The number of carbonyl (C=O) groups is 2. The van der Waals surface area contributed by atoms with Crippen molar-refractivity contribution in [3.05, 3.63) is 12.2 Å². The Balaban J connectivity index is 3.43. The maximum atomic E-state index is 12.4. The SMILES string of the molecule is CCCCCCCCCCCCC/C=C/C(O)C(CO)NC(=O)CCCCCCCCCCCCCCCCCCCOC(=O)CCCCCCCCCCCCCC. The first-order chi connectivity index (χ1) is 29.0. The lowest BCUT2D eigenvalue weighted by molar-refractivity contribution is -0.143. The summed E-state index contributed by atoms with van der Waals surface area (Å²) in [5.74, 6) is -0.0676. The normalized spacial score (nSPS) is 12.7. The Bertz CT molecular complexity index is 878. The van der Waals surface area contributed by atoms with E-state index in [9.17, 15) is 19.8 Å². The summed E-state index contributed by atoms with van der Waals surface area (Å²) in [7, 11) is 0. The van der Waals surface area contributed by atoms with Crippen LogP contribution >= 0.6 is 0 Å². The molecule has 0 heterocycles. The molecule has 2 unspecified atom stereocenters. The zero-order valence-corrected chi connectivity index (χ0v) is 39.7. The Kier molecular flexibility index (Phi) is 48.1. The molecule has 0 aliphatic rings. The fourth-order valence-electron chi connectivity index (χ4n) is 8.22. The van der Waals surface area contributed by atoms with Gasteiger partial charge in [0.25, 0.3) is 0 Å².